The zero-order chi connectivity index (χ0) is 17.7. The van der Waals surface area contributed by atoms with E-state index < -0.39 is 20.7 Å². The zero-order valence-electron chi connectivity index (χ0n) is 13.7. The van der Waals surface area contributed by atoms with Crippen LogP contribution in [-0.2, 0) is 19.4 Å². The van der Waals surface area contributed by atoms with Crippen LogP contribution in [0.4, 0.5) is 5.69 Å². The Morgan fingerprint density at radius 3 is 2.29 bits per heavy atom. The monoisotopic (exact) mass is 345 g/mol. The van der Waals surface area contributed by atoms with Crippen LogP contribution in [0.15, 0.2) is 64.5 Å². The highest BCUT2D eigenvalue weighted by molar-refractivity contribution is 7.96. The van der Waals surface area contributed by atoms with Crippen LogP contribution in [0.25, 0.3) is 0 Å². The van der Waals surface area contributed by atoms with Crippen LogP contribution in [0.3, 0.4) is 0 Å². The molecule has 0 radical (unpaired) electrons. The van der Waals surface area contributed by atoms with E-state index >= 15 is 0 Å². The first kappa shape index (κ1) is 17.7. The molecule has 0 spiro atoms. The maximum atomic E-state index is 12.8. The van der Waals surface area contributed by atoms with E-state index in [-0.39, 0.29) is 4.90 Å². The van der Waals surface area contributed by atoms with Gasteiger partial charge in [0.2, 0.25) is 9.84 Å². The summed E-state index contributed by atoms with van der Waals surface area (Å²) in [5.41, 5.74) is 2.46. The Kier molecular flexibility index (Phi) is 5.41. The molecular formula is C18H19NO4S. The van der Waals surface area contributed by atoms with Crippen molar-refractivity contribution in [3.63, 3.8) is 0 Å². The Hall–Kier alpha value is -2.60. The van der Waals surface area contributed by atoms with Gasteiger partial charge in [-0.3, -0.25) is 0 Å². The Morgan fingerprint density at radius 2 is 1.71 bits per heavy atom. The number of methoxy groups -OCH3 is 1. The minimum atomic E-state index is -4.00. The van der Waals surface area contributed by atoms with Crippen molar-refractivity contribution in [2.75, 3.05) is 12.4 Å². The SMILES string of the molecule is COC(=O)/C(=C/Nc1ccccc1)S(=O)(=O)c1ccc(C)c(C)c1. The van der Waals surface area contributed by atoms with Gasteiger partial charge in [0.25, 0.3) is 0 Å². The third-order valence-electron chi connectivity index (χ3n) is 3.61. The third-order valence-corrected chi connectivity index (χ3v) is 5.35. The van der Waals surface area contributed by atoms with E-state index in [1.54, 1.807) is 36.4 Å². The van der Waals surface area contributed by atoms with Gasteiger partial charge in [0.1, 0.15) is 0 Å². The van der Waals surface area contributed by atoms with Gasteiger partial charge in [0.15, 0.2) is 4.91 Å². The molecule has 0 saturated heterocycles. The highest BCUT2D eigenvalue weighted by atomic mass is 32.2. The fraction of sp³-hybridized carbons (Fsp3) is 0.167. The van der Waals surface area contributed by atoms with Crippen molar-refractivity contribution in [2.45, 2.75) is 18.7 Å². The summed E-state index contributed by atoms with van der Waals surface area (Å²) in [6.07, 6.45) is 1.16. The summed E-state index contributed by atoms with van der Waals surface area (Å²) < 4.78 is 30.3. The number of ether oxygens (including phenoxy) is 1. The van der Waals surface area contributed by atoms with E-state index in [1.807, 2.05) is 19.9 Å². The number of hydrogen-bond donors (Lipinski definition) is 1. The molecule has 0 unspecified atom stereocenters. The Labute approximate surface area is 141 Å². The fourth-order valence-electron chi connectivity index (χ4n) is 2.04. The first-order valence-corrected chi connectivity index (χ1v) is 8.77. The van der Waals surface area contributed by atoms with Crippen LogP contribution < -0.4 is 5.32 Å². The second kappa shape index (κ2) is 7.31. The van der Waals surface area contributed by atoms with Crippen LogP contribution >= 0.6 is 0 Å². The van der Waals surface area contributed by atoms with Gasteiger partial charge in [-0.15, -0.1) is 0 Å². The minimum absolute atomic E-state index is 0.0529. The lowest BCUT2D eigenvalue weighted by Crippen LogP contribution is -2.17. The van der Waals surface area contributed by atoms with Gasteiger partial charge in [0, 0.05) is 11.9 Å². The van der Waals surface area contributed by atoms with Crippen molar-refractivity contribution < 1.29 is 17.9 Å². The average molecular weight is 345 g/mol. The largest absolute Gasteiger partial charge is 0.465 e. The molecule has 126 valence electrons. The highest BCUT2D eigenvalue weighted by Gasteiger charge is 2.28. The Morgan fingerprint density at radius 1 is 1.04 bits per heavy atom. The molecule has 2 rings (SSSR count). The van der Waals surface area contributed by atoms with Gasteiger partial charge in [-0.25, -0.2) is 13.2 Å². The highest BCUT2D eigenvalue weighted by Crippen LogP contribution is 2.23. The van der Waals surface area contributed by atoms with Crippen LogP contribution in [0, 0.1) is 13.8 Å². The number of rotatable bonds is 5. The van der Waals surface area contributed by atoms with Gasteiger partial charge >= 0.3 is 5.97 Å². The summed E-state index contributed by atoms with van der Waals surface area (Å²) in [6.45, 7) is 3.71. The molecule has 0 saturated carbocycles. The number of esters is 1. The van der Waals surface area contributed by atoms with E-state index in [9.17, 15) is 13.2 Å². The van der Waals surface area contributed by atoms with Crippen molar-refractivity contribution in [1.82, 2.24) is 0 Å². The average Bonchev–Trinajstić information content (AvgIpc) is 2.57. The molecule has 1 N–H and O–H groups in total. The predicted octanol–water partition coefficient (Wildman–Crippen LogP) is 3.20. The number of nitrogens with one attached hydrogen (secondary N) is 1. The number of anilines is 1. The Balaban J connectivity index is 2.46. The minimum Gasteiger partial charge on any atom is -0.465 e. The molecule has 0 aliphatic heterocycles. The summed E-state index contributed by atoms with van der Waals surface area (Å²) in [5.74, 6) is -0.920. The fourth-order valence-corrected chi connectivity index (χ4v) is 3.39. The summed E-state index contributed by atoms with van der Waals surface area (Å²) in [4.78, 5) is 11.6. The van der Waals surface area contributed by atoms with Crippen LogP contribution in [0.5, 0.6) is 0 Å². The maximum Gasteiger partial charge on any atom is 0.351 e. The summed E-state index contributed by atoms with van der Waals surface area (Å²) in [5, 5.41) is 2.82. The number of sulfone groups is 1. The lowest BCUT2D eigenvalue weighted by molar-refractivity contribution is -0.135. The molecule has 0 atom stereocenters. The molecule has 2 aromatic carbocycles. The lowest BCUT2D eigenvalue weighted by Gasteiger charge is -2.10. The number of carbonyl (C=O) groups excluding carboxylic acids is 1. The molecule has 0 bridgehead atoms. The standard InChI is InChI=1S/C18H19NO4S/c1-13-9-10-16(11-14(13)2)24(21,22)17(18(20)23-3)12-19-15-7-5-4-6-8-15/h4-12,19H,1-3H3/b17-12-. The zero-order valence-corrected chi connectivity index (χ0v) is 14.6. The summed E-state index contributed by atoms with van der Waals surface area (Å²) in [7, 11) is -2.85. The molecule has 0 amide bonds. The van der Waals surface area contributed by atoms with Crippen molar-refractivity contribution >= 4 is 21.5 Å². The second-order valence-corrected chi connectivity index (χ2v) is 7.18. The van der Waals surface area contributed by atoms with Crippen molar-refractivity contribution in [1.29, 1.82) is 0 Å². The molecule has 6 heteroatoms. The third kappa shape index (κ3) is 3.83. The van der Waals surface area contributed by atoms with Crippen LogP contribution in [0.2, 0.25) is 0 Å². The van der Waals surface area contributed by atoms with Crippen molar-refractivity contribution in [2.24, 2.45) is 0 Å². The topological polar surface area (TPSA) is 72.5 Å². The number of hydrogen-bond acceptors (Lipinski definition) is 5. The first-order chi connectivity index (χ1) is 11.4. The smallest absolute Gasteiger partial charge is 0.351 e. The quantitative estimate of drug-likeness (QED) is 0.665. The second-order valence-electron chi connectivity index (χ2n) is 5.26. The Bertz CT molecular complexity index is 871. The summed E-state index contributed by atoms with van der Waals surface area (Å²) in [6, 6.07) is 13.7. The molecule has 0 heterocycles. The maximum absolute atomic E-state index is 12.8. The number of benzene rings is 2. The van der Waals surface area contributed by atoms with E-state index in [0.29, 0.717) is 5.69 Å². The van der Waals surface area contributed by atoms with Crippen LogP contribution in [0.1, 0.15) is 11.1 Å². The van der Waals surface area contributed by atoms with Crippen molar-refractivity contribution in [3.8, 4) is 0 Å². The normalized spacial score (nSPS) is 11.9. The molecule has 0 aliphatic rings. The predicted molar refractivity (Wildman–Crippen MR) is 93.3 cm³/mol. The van der Waals surface area contributed by atoms with Gasteiger partial charge in [-0.2, -0.15) is 0 Å². The molecule has 0 aliphatic carbocycles. The molecule has 24 heavy (non-hydrogen) atoms. The molecule has 0 aromatic heterocycles. The molecule has 2 aromatic rings. The van der Waals surface area contributed by atoms with E-state index in [1.165, 1.54) is 6.07 Å². The van der Waals surface area contributed by atoms with E-state index in [0.717, 1.165) is 24.4 Å². The van der Waals surface area contributed by atoms with Gasteiger partial charge < -0.3 is 10.1 Å². The first-order valence-electron chi connectivity index (χ1n) is 7.28. The molecule has 0 fully saturated rings. The molecule has 5 nitrogen and oxygen atoms in total. The lowest BCUT2D eigenvalue weighted by atomic mass is 10.1. The van der Waals surface area contributed by atoms with Gasteiger partial charge in [0.05, 0.1) is 12.0 Å². The van der Waals surface area contributed by atoms with Gasteiger partial charge in [-0.1, -0.05) is 24.3 Å². The van der Waals surface area contributed by atoms with Crippen LogP contribution in [-0.4, -0.2) is 21.5 Å². The number of carbonyl (C=O) groups is 1. The van der Waals surface area contributed by atoms with Gasteiger partial charge in [-0.05, 0) is 49.2 Å². The van der Waals surface area contributed by atoms with E-state index in [2.05, 4.69) is 10.1 Å². The molecular weight excluding hydrogens is 326 g/mol. The number of aryl methyl sites for hydroxylation is 2. The van der Waals surface area contributed by atoms with Crippen molar-refractivity contribution in [3.05, 3.63) is 70.8 Å². The number of para-hydroxylation sites is 1. The van der Waals surface area contributed by atoms with E-state index in [4.69, 9.17) is 0 Å². The summed E-state index contributed by atoms with van der Waals surface area (Å²) >= 11 is 0.